The number of hydrogen-bond acceptors (Lipinski definition) is 2. The van der Waals surface area contributed by atoms with Crippen molar-refractivity contribution < 1.29 is 9.53 Å². The lowest BCUT2D eigenvalue weighted by Gasteiger charge is -2.06. The molecule has 0 rings (SSSR count). The molecule has 82 heavy (non-hydrogen) atoms. The normalized spacial score (nSPS) is 11.8. The fourth-order valence-electron chi connectivity index (χ4n) is 13.0. The van der Waals surface area contributed by atoms with E-state index in [0.29, 0.717) is 13.0 Å². The molecule has 0 saturated heterocycles. The van der Waals surface area contributed by atoms with Crippen LogP contribution >= 0.6 is 0 Å². The van der Waals surface area contributed by atoms with Gasteiger partial charge in [0.25, 0.3) is 0 Å². The number of allylic oxidation sites excluding steroid dienone is 2. The van der Waals surface area contributed by atoms with Gasteiger partial charge in [-0.15, -0.1) is 0 Å². The van der Waals surface area contributed by atoms with Crippen molar-refractivity contribution in [1.82, 2.24) is 0 Å². The summed E-state index contributed by atoms with van der Waals surface area (Å²) in [6.45, 7) is 5.23. The predicted molar refractivity (Wildman–Crippen MR) is 373 cm³/mol. The minimum Gasteiger partial charge on any atom is -0.466 e. The van der Waals surface area contributed by atoms with Crippen LogP contribution in [0.3, 0.4) is 0 Å². The number of unbranched alkanes of at least 4 members (excludes halogenated alkanes) is 70. The van der Waals surface area contributed by atoms with Gasteiger partial charge in [-0.2, -0.15) is 0 Å². The molecule has 0 aromatic rings. The van der Waals surface area contributed by atoms with Gasteiger partial charge >= 0.3 is 5.97 Å². The zero-order chi connectivity index (χ0) is 58.7. The van der Waals surface area contributed by atoms with Crippen LogP contribution in [0.25, 0.3) is 0 Å². The molecule has 0 amide bonds. The van der Waals surface area contributed by atoms with E-state index in [1.807, 2.05) is 0 Å². The summed E-state index contributed by atoms with van der Waals surface area (Å²) in [6.07, 6.45) is 110. The van der Waals surface area contributed by atoms with Crippen LogP contribution < -0.4 is 0 Å². The van der Waals surface area contributed by atoms with Gasteiger partial charge in [0.1, 0.15) is 0 Å². The Kier molecular flexibility index (Phi) is 77.5. The van der Waals surface area contributed by atoms with Crippen LogP contribution in [0.4, 0.5) is 0 Å². The molecular formula is C80H158O2. The molecule has 0 N–H and O–H groups in total. The van der Waals surface area contributed by atoms with Crippen molar-refractivity contribution >= 4 is 5.97 Å². The van der Waals surface area contributed by atoms with E-state index in [1.165, 1.54) is 449 Å². The molecule has 0 atom stereocenters. The van der Waals surface area contributed by atoms with Gasteiger partial charge in [-0.25, -0.2) is 0 Å². The molecule has 0 heterocycles. The predicted octanol–water partition coefficient (Wildman–Crippen LogP) is 30.0. The molecule has 0 saturated carbocycles. The van der Waals surface area contributed by atoms with Crippen LogP contribution in [0.1, 0.15) is 489 Å². The Morgan fingerprint density at radius 2 is 0.341 bits per heavy atom. The fraction of sp³-hybridized carbons (Fsp3) is 0.963. The van der Waals surface area contributed by atoms with E-state index in [4.69, 9.17) is 4.74 Å². The number of rotatable bonds is 76. The van der Waals surface area contributed by atoms with E-state index in [1.54, 1.807) is 0 Å². The number of carbonyl (C=O) groups is 1. The topological polar surface area (TPSA) is 26.3 Å². The third kappa shape index (κ3) is 77.2. The molecule has 0 unspecified atom stereocenters. The summed E-state index contributed by atoms with van der Waals surface area (Å²) in [6, 6.07) is 0. The van der Waals surface area contributed by atoms with Crippen LogP contribution in [0.2, 0.25) is 0 Å². The Balaban J connectivity index is 3.12. The summed E-state index contributed by atoms with van der Waals surface area (Å²) in [5, 5.41) is 0. The molecule has 0 bridgehead atoms. The van der Waals surface area contributed by atoms with Crippen molar-refractivity contribution in [3.8, 4) is 0 Å². The first-order valence-electron chi connectivity index (χ1n) is 39.6. The minimum atomic E-state index is 0.0239. The first-order valence-corrected chi connectivity index (χ1v) is 39.6. The van der Waals surface area contributed by atoms with Gasteiger partial charge in [-0.3, -0.25) is 4.79 Å². The van der Waals surface area contributed by atoms with Gasteiger partial charge in [0.05, 0.1) is 6.61 Å². The fourth-order valence-corrected chi connectivity index (χ4v) is 13.0. The van der Waals surface area contributed by atoms with Gasteiger partial charge in [-0.05, 0) is 38.5 Å². The van der Waals surface area contributed by atoms with Gasteiger partial charge in [0, 0.05) is 6.42 Å². The molecule has 2 heteroatoms. The van der Waals surface area contributed by atoms with Crippen LogP contribution in [0.15, 0.2) is 12.2 Å². The largest absolute Gasteiger partial charge is 0.466 e. The summed E-state index contributed by atoms with van der Waals surface area (Å²) < 4.78 is 5.50. The van der Waals surface area contributed by atoms with E-state index in [2.05, 4.69) is 26.0 Å². The Labute approximate surface area is 520 Å². The van der Waals surface area contributed by atoms with Crippen molar-refractivity contribution in [3.05, 3.63) is 12.2 Å². The minimum absolute atomic E-state index is 0.0239. The standard InChI is InChI=1S/C80H158O2/c1-3-5-7-9-11-13-15-17-19-20-21-22-23-24-25-26-27-28-29-30-31-32-33-34-35-36-37-38-39-40-41-42-43-44-45-46-47-48-49-50-51-52-53-54-55-56-57-58-59-60-61-62-63-65-67-69-71-73-75-77-79-82-80(81)78-76-74-72-70-68-66-64-18-16-14-12-10-8-6-4-2/h18,64H,3-17,19-63,65-79H2,1-2H3/b64-18-. The highest BCUT2D eigenvalue weighted by atomic mass is 16.5. The van der Waals surface area contributed by atoms with Crippen LogP contribution in [0.5, 0.6) is 0 Å². The van der Waals surface area contributed by atoms with E-state index in [-0.39, 0.29) is 5.97 Å². The Morgan fingerprint density at radius 1 is 0.195 bits per heavy atom. The van der Waals surface area contributed by atoms with Gasteiger partial charge in [-0.1, -0.05) is 456 Å². The van der Waals surface area contributed by atoms with Crippen molar-refractivity contribution in [2.45, 2.75) is 489 Å². The van der Waals surface area contributed by atoms with Crippen molar-refractivity contribution in [1.29, 1.82) is 0 Å². The number of hydrogen-bond donors (Lipinski definition) is 0. The maximum atomic E-state index is 12.1. The van der Waals surface area contributed by atoms with Crippen molar-refractivity contribution in [2.24, 2.45) is 0 Å². The molecule has 2 nitrogen and oxygen atoms in total. The van der Waals surface area contributed by atoms with Gasteiger partial charge < -0.3 is 4.74 Å². The van der Waals surface area contributed by atoms with Crippen LogP contribution in [0, 0.1) is 0 Å². The first-order chi connectivity index (χ1) is 40.8. The quantitative estimate of drug-likeness (QED) is 0.0345. The second-order valence-corrected chi connectivity index (χ2v) is 27.4. The average molecular weight is 1150 g/mol. The number of ether oxygens (including phenoxy) is 1. The number of esters is 1. The summed E-state index contributed by atoms with van der Waals surface area (Å²) in [4.78, 5) is 12.1. The van der Waals surface area contributed by atoms with E-state index in [0.717, 1.165) is 19.3 Å². The maximum absolute atomic E-state index is 12.1. The van der Waals surface area contributed by atoms with E-state index in [9.17, 15) is 4.79 Å². The third-order valence-corrected chi connectivity index (χ3v) is 18.9. The summed E-state index contributed by atoms with van der Waals surface area (Å²) in [5.41, 5.74) is 0. The van der Waals surface area contributed by atoms with E-state index < -0.39 is 0 Å². The summed E-state index contributed by atoms with van der Waals surface area (Å²) in [7, 11) is 0. The molecular weight excluding hydrogens is 993 g/mol. The highest BCUT2D eigenvalue weighted by Crippen LogP contribution is 2.21. The second kappa shape index (κ2) is 78.2. The Bertz CT molecular complexity index is 1130. The van der Waals surface area contributed by atoms with Gasteiger partial charge in [0.2, 0.25) is 0 Å². The maximum Gasteiger partial charge on any atom is 0.305 e. The molecule has 0 aromatic carbocycles. The molecule has 0 aliphatic rings. The van der Waals surface area contributed by atoms with Crippen LogP contribution in [-0.2, 0) is 9.53 Å². The Morgan fingerprint density at radius 3 is 0.524 bits per heavy atom. The highest BCUT2D eigenvalue weighted by molar-refractivity contribution is 5.69. The molecule has 0 spiro atoms. The SMILES string of the molecule is CCCCCCCC/C=C\CCCCCCCC(=O)OCCCCCCCCCCCCCCCCCCCCCCCCCCCCCCCCCCCCCCCCCCCCCCCCCCCCCCCCCCCCCC. The van der Waals surface area contributed by atoms with E-state index >= 15 is 0 Å². The second-order valence-electron chi connectivity index (χ2n) is 27.4. The third-order valence-electron chi connectivity index (χ3n) is 18.9. The molecule has 0 aliphatic carbocycles. The van der Waals surface area contributed by atoms with Crippen molar-refractivity contribution in [2.75, 3.05) is 6.61 Å². The smallest absolute Gasteiger partial charge is 0.305 e. The van der Waals surface area contributed by atoms with Gasteiger partial charge in [0.15, 0.2) is 0 Å². The number of carbonyl (C=O) groups excluding carboxylic acids is 1. The zero-order valence-electron chi connectivity index (χ0n) is 57.5. The average Bonchev–Trinajstić information content (AvgIpc) is 3.48. The summed E-state index contributed by atoms with van der Waals surface area (Å²) >= 11 is 0. The van der Waals surface area contributed by atoms with Crippen LogP contribution in [-0.4, -0.2) is 12.6 Å². The lowest BCUT2D eigenvalue weighted by atomic mass is 10.0. The molecule has 0 aliphatic heterocycles. The summed E-state index contributed by atoms with van der Waals surface area (Å²) in [5.74, 6) is 0.0239. The first kappa shape index (κ1) is 81.2. The lowest BCUT2D eigenvalue weighted by Crippen LogP contribution is -2.05. The lowest BCUT2D eigenvalue weighted by molar-refractivity contribution is -0.143. The monoisotopic (exact) mass is 1150 g/mol. The van der Waals surface area contributed by atoms with Crippen molar-refractivity contribution in [3.63, 3.8) is 0 Å². The molecule has 0 aromatic heterocycles. The molecule has 490 valence electrons. The highest BCUT2D eigenvalue weighted by Gasteiger charge is 2.04. The molecule has 0 radical (unpaired) electrons. The molecule has 0 fully saturated rings. The Hall–Kier alpha value is -0.790. The zero-order valence-corrected chi connectivity index (χ0v) is 57.5.